The standard InChI is InChI=1S/C18H11ClF2N2O5S2/c1-27-17-10(19)2-8-3-15(17)30(25,26)23-13-4-9(11(20)5-12(13)21)16-14(29-7-22-16)6-28-18(8)24/h2-5,7,23H,6H2,1H3. The van der Waals surface area contributed by atoms with Gasteiger partial charge in [0.05, 0.1) is 39.5 Å². The van der Waals surface area contributed by atoms with Crippen LogP contribution in [0, 0.1) is 11.6 Å². The Morgan fingerprint density at radius 3 is 2.73 bits per heavy atom. The van der Waals surface area contributed by atoms with E-state index in [0.717, 1.165) is 23.5 Å². The quantitative estimate of drug-likeness (QED) is 0.533. The van der Waals surface area contributed by atoms with Crippen molar-refractivity contribution in [2.24, 2.45) is 0 Å². The fraction of sp³-hybridized carbons (Fsp3) is 0.111. The molecule has 2 heterocycles. The number of benzene rings is 2. The largest absolute Gasteiger partial charge is 0.494 e. The second kappa shape index (κ2) is 7.49. The molecule has 0 unspecified atom stereocenters. The van der Waals surface area contributed by atoms with Gasteiger partial charge in [-0.1, -0.05) is 11.6 Å². The number of methoxy groups -OCH3 is 1. The van der Waals surface area contributed by atoms with Crippen LogP contribution in [0.1, 0.15) is 15.2 Å². The van der Waals surface area contributed by atoms with Gasteiger partial charge in [0.25, 0.3) is 10.0 Å². The van der Waals surface area contributed by atoms with Crippen molar-refractivity contribution in [2.75, 3.05) is 11.8 Å². The Labute approximate surface area is 178 Å². The molecule has 0 aliphatic carbocycles. The minimum Gasteiger partial charge on any atom is -0.494 e. The van der Waals surface area contributed by atoms with Gasteiger partial charge < -0.3 is 9.47 Å². The second-order valence-electron chi connectivity index (χ2n) is 6.11. The predicted octanol–water partition coefficient (Wildman–Crippen LogP) is 4.22. The average Bonchev–Trinajstić information content (AvgIpc) is 3.15. The summed E-state index contributed by atoms with van der Waals surface area (Å²) in [4.78, 5) is 16.4. The van der Waals surface area contributed by atoms with Crippen molar-refractivity contribution in [3.63, 3.8) is 0 Å². The van der Waals surface area contributed by atoms with E-state index in [1.165, 1.54) is 18.7 Å². The van der Waals surface area contributed by atoms with Crippen molar-refractivity contribution in [1.29, 1.82) is 0 Å². The Morgan fingerprint density at radius 1 is 1.23 bits per heavy atom. The number of esters is 1. The number of nitrogens with one attached hydrogen (secondary N) is 1. The summed E-state index contributed by atoms with van der Waals surface area (Å²) in [7, 11) is -3.31. The third-order valence-electron chi connectivity index (χ3n) is 4.27. The molecule has 0 amide bonds. The maximum absolute atomic E-state index is 14.5. The van der Waals surface area contributed by atoms with Gasteiger partial charge in [0.2, 0.25) is 0 Å². The predicted molar refractivity (Wildman–Crippen MR) is 105 cm³/mol. The molecule has 1 aromatic heterocycles. The molecule has 4 rings (SSSR count). The van der Waals surface area contributed by atoms with E-state index >= 15 is 0 Å². The summed E-state index contributed by atoms with van der Waals surface area (Å²) in [5.74, 6) is -3.21. The van der Waals surface area contributed by atoms with Gasteiger partial charge in [-0.2, -0.15) is 0 Å². The van der Waals surface area contributed by atoms with Gasteiger partial charge in [-0.05, 0) is 18.2 Å². The molecule has 1 aliphatic heterocycles. The molecule has 4 bridgehead atoms. The normalized spacial score (nSPS) is 15.0. The van der Waals surface area contributed by atoms with Crippen molar-refractivity contribution >= 4 is 44.6 Å². The number of nitrogens with zero attached hydrogens (tertiary/aromatic N) is 1. The molecule has 7 nitrogen and oxygen atoms in total. The first-order chi connectivity index (χ1) is 14.2. The van der Waals surface area contributed by atoms with Crippen LogP contribution >= 0.6 is 22.9 Å². The van der Waals surface area contributed by atoms with Crippen molar-refractivity contribution < 1.29 is 31.5 Å². The summed E-state index contributed by atoms with van der Waals surface area (Å²) < 4.78 is 67.1. The number of carbonyl (C=O) groups is 1. The van der Waals surface area contributed by atoms with Crippen LogP contribution < -0.4 is 9.46 Å². The topological polar surface area (TPSA) is 94.6 Å². The van der Waals surface area contributed by atoms with Crippen LogP contribution in [0.4, 0.5) is 14.5 Å². The number of aromatic nitrogens is 1. The van der Waals surface area contributed by atoms with Crippen LogP contribution in [0.5, 0.6) is 5.75 Å². The minimum atomic E-state index is -4.49. The molecule has 1 N–H and O–H groups in total. The lowest BCUT2D eigenvalue weighted by molar-refractivity contribution is 0.0477. The lowest BCUT2D eigenvalue weighted by Crippen LogP contribution is -2.16. The molecular weight excluding hydrogens is 462 g/mol. The van der Waals surface area contributed by atoms with Crippen molar-refractivity contribution in [3.8, 4) is 17.0 Å². The fourth-order valence-electron chi connectivity index (χ4n) is 2.90. The molecule has 12 heteroatoms. The number of hydrogen-bond acceptors (Lipinski definition) is 7. The van der Waals surface area contributed by atoms with E-state index in [0.29, 0.717) is 10.9 Å². The maximum atomic E-state index is 14.5. The molecule has 0 fully saturated rings. The highest BCUT2D eigenvalue weighted by Crippen LogP contribution is 2.37. The molecule has 1 aliphatic rings. The number of sulfonamides is 1. The lowest BCUT2D eigenvalue weighted by Gasteiger charge is -2.15. The number of rotatable bonds is 1. The van der Waals surface area contributed by atoms with Crippen LogP contribution in [0.15, 0.2) is 34.7 Å². The first-order valence-corrected chi connectivity index (χ1v) is 10.9. The minimum absolute atomic E-state index is 0.104. The van der Waals surface area contributed by atoms with Gasteiger partial charge >= 0.3 is 5.97 Å². The van der Waals surface area contributed by atoms with E-state index in [2.05, 4.69) is 9.71 Å². The zero-order valence-electron chi connectivity index (χ0n) is 15.0. The Balaban J connectivity index is 2.00. The van der Waals surface area contributed by atoms with E-state index in [9.17, 15) is 22.0 Å². The van der Waals surface area contributed by atoms with Crippen molar-refractivity contribution in [3.05, 3.63) is 56.9 Å². The van der Waals surface area contributed by atoms with Crippen LogP contribution in [-0.2, 0) is 21.4 Å². The smallest absolute Gasteiger partial charge is 0.338 e. The van der Waals surface area contributed by atoms with Crippen LogP contribution in [0.3, 0.4) is 0 Å². The van der Waals surface area contributed by atoms with Crippen LogP contribution in [0.25, 0.3) is 11.3 Å². The maximum Gasteiger partial charge on any atom is 0.338 e. The van der Waals surface area contributed by atoms with Crippen molar-refractivity contribution in [2.45, 2.75) is 11.5 Å². The Bertz CT molecular complexity index is 1290. The molecular formula is C18H11ClF2N2O5S2. The van der Waals surface area contributed by atoms with Gasteiger partial charge in [-0.3, -0.25) is 4.72 Å². The first kappa shape index (κ1) is 20.5. The Morgan fingerprint density at radius 2 is 2.00 bits per heavy atom. The van der Waals surface area contributed by atoms with E-state index < -0.39 is 38.2 Å². The highest BCUT2D eigenvalue weighted by atomic mass is 35.5. The first-order valence-electron chi connectivity index (χ1n) is 8.20. The van der Waals surface area contributed by atoms with Gasteiger partial charge in [0.15, 0.2) is 5.75 Å². The van der Waals surface area contributed by atoms with Gasteiger partial charge in [-0.25, -0.2) is 27.0 Å². The molecule has 0 radical (unpaired) electrons. The second-order valence-corrected chi connectivity index (χ2v) is 9.10. The summed E-state index contributed by atoms with van der Waals surface area (Å²) in [6.07, 6.45) is 0. The number of thiazole rings is 1. The SMILES string of the molecule is COc1c(Cl)cc2cc1S(=O)(=O)Nc1cc(c(F)cc1F)-c1ncsc1COC2=O. The van der Waals surface area contributed by atoms with E-state index in [1.54, 1.807) is 0 Å². The third-order valence-corrected chi connectivity index (χ3v) is 6.73. The number of anilines is 1. The van der Waals surface area contributed by atoms with Gasteiger partial charge in [0.1, 0.15) is 23.1 Å². The van der Waals surface area contributed by atoms with E-state index in [4.69, 9.17) is 21.1 Å². The molecule has 2 aromatic carbocycles. The lowest BCUT2D eigenvalue weighted by atomic mass is 10.1. The number of halogens is 3. The summed E-state index contributed by atoms with van der Waals surface area (Å²) in [6.45, 7) is -0.260. The highest BCUT2D eigenvalue weighted by molar-refractivity contribution is 7.92. The van der Waals surface area contributed by atoms with Crippen molar-refractivity contribution in [1.82, 2.24) is 4.98 Å². The summed E-state index contributed by atoms with van der Waals surface area (Å²) in [5.41, 5.74) is 0.675. The van der Waals surface area contributed by atoms with Gasteiger partial charge in [0, 0.05) is 11.6 Å². The van der Waals surface area contributed by atoms with Gasteiger partial charge in [-0.15, -0.1) is 11.3 Å². The monoisotopic (exact) mass is 472 g/mol. The summed E-state index contributed by atoms with van der Waals surface area (Å²) in [5, 5.41) is -0.166. The zero-order chi connectivity index (χ0) is 21.6. The van der Waals surface area contributed by atoms with Crippen LogP contribution in [-0.4, -0.2) is 26.5 Å². The van der Waals surface area contributed by atoms with E-state index in [1.807, 2.05) is 0 Å². The van der Waals surface area contributed by atoms with Crippen LogP contribution in [0.2, 0.25) is 5.02 Å². The molecule has 0 saturated heterocycles. The molecule has 0 atom stereocenters. The number of cyclic esters (lactones) is 1. The number of hydrogen-bond donors (Lipinski definition) is 1. The molecule has 0 spiro atoms. The highest BCUT2D eigenvalue weighted by Gasteiger charge is 2.28. The average molecular weight is 473 g/mol. The van der Waals surface area contributed by atoms with E-state index in [-0.39, 0.29) is 34.2 Å². The number of fused-ring (bicyclic) bond motifs is 6. The third kappa shape index (κ3) is 3.48. The molecule has 3 aromatic rings. The summed E-state index contributed by atoms with van der Waals surface area (Å²) in [6, 6.07) is 3.72. The summed E-state index contributed by atoms with van der Waals surface area (Å²) >= 11 is 7.19. The molecule has 30 heavy (non-hydrogen) atoms. The molecule has 0 saturated carbocycles. The fourth-order valence-corrected chi connectivity index (χ4v) is 5.21. The number of ether oxygens (including phenoxy) is 2. The Hall–Kier alpha value is -2.76. The number of carbonyl (C=O) groups excluding carboxylic acids is 1. The molecule has 156 valence electrons. The Kier molecular flexibility index (Phi) is 5.12. The zero-order valence-corrected chi connectivity index (χ0v) is 17.4.